The van der Waals surface area contributed by atoms with E-state index >= 15 is 0 Å². The summed E-state index contributed by atoms with van der Waals surface area (Å²) in [4.78, 5) is 22.3. The lowest BCUT2D eigenvalue weighted by Crippen LogP contribution is -2.37. The summed E-state index contributed by atoms with van der Waals surface area (Å²) in [5.74, 6) is 2.15. The Bertz CT molecular complexity index is 610. The molecule has 0 fully saturated rings. The molecule has 110 valence electrons. The number of nitrogens with one attached hydrogen (secondary N) is 1. The summed E-state index contributed by atoms with van der Waals surface area (Å²) in [6.45, 7) is 1.71. The fraction of sp³-hybridized carbons (Fsp3) is 0.400. The molecule has 0 aliphatic carbocycles. The number of rotatable bonds is 3. The molecule has 0 saturated carbocycles. The quantitative estimate of drug-likeness (QED) is 0.938. The lowest BCUT2D eigenvalue weighted by Gasteiger charge is -2.27. The fourth-order valence-electron chi connectivity index (χ4n) is 2.68. The Labute approximate surface area is 123 Å². The molecule has 2 aromatic heterocycles. The van der Waals surface area contributed by atoms with Gasteiger partial charge in [-0.15, -0.1) is 0 Å². The molecular weight excluding hydrogens is 266 g/mol. The fourth-order valence-corrected chi connectivity index (χ4v) is 2.68. The maximum absolute atomic E-state index is 12.1. The molecule has 3 heterocycles. The highest BCUT2D eigenvalue weighted by molar-refractivity contribution is 5.88. The molecule has 1 N–H and O–H groups in total. The molecule has 6 nitrogen and oxygen atoms in total. The number of nitrogens with zero attached hydrogens (tertiary/aromatic N) is 4. The van der Waals surface area contributed by atoms with E-state index in [1.165, 1.54) is 0 Å². The molecular formula is C15H19N5O. The molecule has 0 radical (unpaired) electrons. The summed E-state index contributed by atoms with van der Waals surface area (Å²) in [6, 6.07) is 5.33. The van der Waals surface area contributed by atoms with Gasteiger partial charge in [-0.1, -0.05) is 6.07 Å². The number of anilines is 1. The predicted octanol–water partition coefficient (Wildman–Crippen LogP) is 2.00. The van der Waals surface area contributed by atoms with Gasteiger partial charge in [0.1, 0.15) is 11.6 Å². The van der Waals surface area contributed by atoms with Crippen molar-refractivity contribution < 1.29 is 4.79 Å². The van der Waals surface area contributed by atoms with Gasteiger partial charge >= 0.3 is 6.03 Å². The largest absolute Gasteiger partial charge is 0.335 e. The minimum Gasteiger partial charge on any atom is -0.335 e. The Kier molecular flexibility index (Phi) is 3.85. The van der Waals surface area contributed by atoms with Crippen molar-refractivity contribution in [3.8, 4) is 0 Å². The first-order valence-electron chi connectivity index (χ1n) is 7.15. The highest BCUT2D eigenvalue weighted by Crippen LogP contribution is 2.20. The van der Waals surface area contributed by atoms with Gasteiger partial charge in [-0.3, -0.25) is 5.32 Å². The monoisotopic (exact) mass is 285 g/mol. The Balaban J connectivity index is 1.54. The van der Waals surface area contributed by atoms with Crippen LogP contribution in [-0.4, -0.2) is 39.1 Å². The van der Waals surface area contributed by atoms with Crippen molar-refractivity contribution >= 4 is 11.8 Å². The molecule has 1 unspecified atom stereocenters. The van der Waals surface area contributed by atoms with E-state index in [9.17, 15) is 4.79 Å². The minimum absolute atomic E-state index is 0.123. The molecule has 0 saturated heterocycles. The average Bonchev–Trinajstić information content (AvgIpc) is 2.95. The van der Waals surface area contributed by atoms with E-state index in [-0.39, 0.29) is 6.03 Å². The van der Waals surface area contributed by atoms with E-state index in [0.717, 1.165) is 31.8 Å². The highest BCUT2D eigenvalue weighted by atomic mass is 16.2. The lowest BCUT2D eigenvalue weighted by atomic mass is 9.97. The molecule has 1 aliphatic rings. The number of fused-ring (bicyclic) bond motifs is 1. The number of aryl methyl sites for hydroxylation is 1. The van der Waals surface area contributed by atoms with Crippen LogP contribution in [0, 0.1) is 5.92 Å². The Morgan fingerprint density at radius 2 is 2.33 bits per heavy atom. The zero-order chi connectivity index (χ0) is 14.7. The van der Waals surface area contributed by atoms with E-state index in [1.807, 2.05) is 31.6 Å². The number of carbonyl (C=O) groups is 1. The van der Waals surface area contributed by atoms with E-state index in [1.54, 1.807) is 17.2 Å². The van der Waals surface area contributed by atoms with Gasteiger partial charge in [0.25, 0.3) is 0 Å². The maximum atomic E-state index is 12.1. The number of carbonyl (C=O) groups excluding carboxylic acids is 1. The summed E-state index contributed by atoms with van der Waals surface area (Å²) >= 11 is 0. The third-order valence-electron chi connectivity index (χ3n) is 3.83. The first-order valence-corrected chi connectivity index (χ1v) is 7.15. The van der Waals surface area contributed by atoms with Crippen molar-refractivity contribution in [2.45, 2.75) is 19.4 Å². The highest BCUT2D eigenvalue weighted by Gasteiger charge is 2.22. The van der Waals surface area contributed by atoms with Crippen LogP contribution < -0.4 is 5.32 Å². The van der Waals surface area contributed by atoms with Crippen LogP contribution in [0.5, 0.6) is 0 Å². The van der Waals surface area contributed by atoms with Gasteiger partial charge in [0.2, 0.25) is 0 Å². The molecule has 0 bridgehead atoms. The van der Waals surface area contributed by atoms with E-state index in [2.05, 4.69) is 19.9 Å². The van der Waals surface area contributed by atoms with Crippen LogP contribution in [-0.2, 0) is 13.0 Å². The molecule has 0 aromatic carbocycles. The molecule has 2 aromatic rings. The topological polar surface area (TPSA) is 63.1 Å². The number of pyridine rings is 1. The van der Waals surface area contributed by atoms with Crippen LogP contribution in [0.3, 0.4) is 0 Å². The van der Waals surface area contributed by atoms with Gasteiger partial charge in [0.05, 0.1) is 0 Å². The molecule has 1 atom stereocenters. The van der Waals surface area contributed by atoms with Crippen molar-refractivity contribution in [3.63, 3.8) is 0 Å². The normalized spacial score (nSPS) is 17.1. The van der Waals surface area contributed by atoms with Gasteiger partial charge in [0.15, 0.2) is 0 Å². The van der Waals surface area contributed by atoms with Gasteiger partial charge in [0, 0.05) is 45.1 Å². The van der Waals surface area contributed by atoms with Crippen LogP contribution in [0.15, 0.2) is 36.8 Å². The van der Waals surface area contributed by atoms with Crippen LogP contribution in [0.25, 0.3) is 0 Å². The molecule has 6 heteroatoms. The average molecular weight is 285 g/mol. The van der Waals surface area contributed by atoms with Gasteiger partial charge in [-0.05, 0) is 24.5 Å². The first-order chi connectivity index (χ1) is 10.2. The lowest BCUT2D eigenvalue weighted by molar-refractivity contribution is 0.207. The SMILES string of the molecule is CN(CC1CCn2ccnc2C1)C(=O)Nc1ccccn1. The second-order valence-electron chi connectivity index (χ2n) is 5.42. The maximum Gasteiger partial charge on any atom is 0.322 e. The third-order valence-corrected chi connectivity index (χ3v) is 3.83. The van der Waals surface area contributed by atoms with Crippen molar-refractivity contribution in [2.24, 2.45) is 5.92 Å². The van der Waals surface area contributed by atoms with Crippen molar-refractivity contribution in [1.29, 1.82) is 0 Å². The molecule has 3 rings (SSSR count). The Morgan fingerprint density at radius 3 is 3.14 bits per heavy atom. The van der Waals surface area contributed by atoms with Gasteiger partial charge < -0.3 is 9.47 Å². The number of amides is 2. The molecule has 1 aliphatic heterocycles. The third kappa shape index (κ3) is 3.21. The van der Waals surface area contributed by atoms with Gasteiger partial charge in [-0.25, -0.2) is 14.8 Å². The minimum atomic E-state index is -0.123. The second-order valence-corrected chi connectivity index (χ2v) is 5.42. The number of urea groups is 1. The first kappa shape index (κ1) is 13.6. The molecule has 0 spiro atoms. The van der Waals surface area contributed by atoms with Crippen LogP contribution in [0.2, 0.25) is 0 Å². The standard InChI is InChI=1S/C15H19N5O/c1-19(15(21)18-13-4-2-3-6-16-13)11-12-5-8-20-9-7-17-14(20)10-12/h2-4,6-7,9,12H,5,8,10-11H2,1H3,(H,16,18,21). The van der Waals surface area contributed by atoms with Crippen LogP contribution in [0.1, 0.15) is 12.2 Å². The number of imidazole rings is 1. The van der Waals surface area contributed by atoms with Crippen LogP contribution >= 0.6 is 0 Å². The van der Waals surface area contributed by atoms with Crippen LogP contribution in [0.4, 0.5) is 10.6 Å². The van der Waals surface area contributed by atoms with E-state index in [0.29, 0.717) is 11.7 Å². The molecule has 2 amide bonds. The predicted molar refractivity (Wildman–Crippen MR) is 79.9 cm³/mol. The van der Waals surface area contributed by atoms with Crippen molar-refractivity contribution in [3.05, 3.63) is 42.6 Å². The summed E-state index contributed by atoms with van der Waals surface area (Å²) in [6.07, 6.45) is 7.52. The number of hydrogen-bond acceptors (Lipinski definition) is 3. The molecule has 21 heavy (non-hydrogen) atoms. The van der Waals surface area contributed by atoms with Crippen molar-refractivity contribution in [1.82, 2.24) is 19.4 Å². The zero-order valence-corrected chi connectivity index (χ0v) is 12.1. The summed E-state index contributed by atoms with van der Waals surface area (Å²) < 4.78 is 2.18. The summed E-state index contributed by atoms with van der Waals surface area (Å²) in [7, 11) is 1.82. The Hall–Kier alpha value is -2.37. The Morgan fingerprint density at radius 1 is 1.43 bits per heavy atom. The summed E-state index contributed by atoms with van der Waals surface area (Å²) in [5, 5.41) is 2.80. The van der Waals surface area contributed by atoms with E-state index in [4.69, 9.17) is 0 Å². The van der Waals surface area contributed by atoms with E-state index < -0.39 is 0 Å². The second kappa shape index (κ2) is 5.95. The number of aromatic nitrogens is 3. The number of hydrogen-bond donors (Lipinski definition) is 1. The zero-order valence-electron chi connectivity index (χ0n) is 12.1. The smallest absolute Gasteiger partial charge is 0.322 e. The van der Waals surface area contributed by atoms with Crippen molar-refractivity contribution in [2.75, 3.05) is 18.9 Å². The van der Waals surface area contributed by atoms with Gasteiger partial charge in [-0.2, -0.15) is 0 Å². The summed E-state index contributed by atoms with van der Waals surface area (Å²) in [5.41, 5.74) is 0.